The Bertz CT molecular complexity index is 358. The van der Waals surface area contributed by atoms with E-state index in [9.17, 15) is 18.0 Å². The van der Waals surface area contributed by atoms with Crippen molar-refractivity contribution in [3.05, 3.63) is 15.6 Å². The Morgan fingerprint density at radius 2 is 2.14 bits per heavy atom. The van der Waals surface area contributed by atoms with E-state index in [2.05, 4.69) is 4.98 Å². The van der Waals surface area contributed by atoms with Crippen LogP contribution in [0.5, 0.6) is 0 Å². The van der Waals surface area contributed by atoms with E-state index in [1.807, 2.05) is 0 Å². The van der Waals surface area contributed by atoms with Gasteiger partial charge in [0.25, 0.3) is 5.78 Å². The molecule has 0 unspecified atom stereocenters. The molecule has 0 aliphatic carbocycles. The second kappa shape index (κ2) is 3.66. The highest BCUT2D eigenvalue weighted by Crippen LogP contribution is 2.25. The summed E-state index contributed by atoms with van der Waals surface area (Å²) in [7, 11) is 0. The maximum absolute atomic E-state index is 12.0. The van der Waals surface area contributed by atoms with Crippen LogP contribution in [-0.4, -0.2) is 16.9 Å². The van der Waals surface area contributed by atoms with Gasteiger partial charge in [0.15, 0.2) is 5.01 Å². The number of carbonyl (C=O) groups is 1. The number of ketones is 1. The van der Waals surface area contributed by atoms with Crippen molar-refractivity contribution in [2.24, 2.45) is 5.73 Å². The topological polar surface area (TPSA) is 56.0 Å². The first-order valence-corrected chi connectivity index (χ1v) is 4.45. The van der Waals surface area contributed by atoms with E-state index in [-0.39, 0.29) is 6.54 Å². The molecular formula is C7H7F3N2OS. The van der Waals surface area contributed by atoms with Crippen LogP contribution in [0.2, 0.25) is 0 Å². The molecule has 1 aromatic rings. The standard InChI is InChI=1S/C7H7F3N2OS/c1-3-4(2-11)14-6(12-3)5(13)7(8,9)10/h2,11H2,1H3. The maximum atomic E-state index is 12.0. The van der Waals surface area contributed by atoms with Crippen LogP contribution in [0.15, 0.2) is 0 Å². The molecule has 3 nitrogen and oxygen atoms in total. The smallest absolute Gasteiger partial charge is 0.326 e. The number of aryl methyl sites for hydroxylation is 1. The number of hydrogen-bond acceptors (Lipinski definition) is 4. The number of thiazole rings is 1. The molecule has 0 fully saturated rings. The Hall–Kier alpha value is -0.950. The summed E-state index contributed by atoms with van der Waals surface area (Å²) in [6, 6.07) is 0. The molecule has 0 saturated carbocycles. The van der Waals surface area contributed by atoms with Crippen molar-refractivity contribution in [1.29, 1.82) is 0 Å². The summed E-state index contributed by atoms with van der Waals surface area (Å²) >= 11 is 0.689. The van der Waals surface area contributed by atoms with Crippen molar-refractivity contribution in [1.82, 2.24) is 4.98 Å². The highest BCUT2D eigenvalue weighted by atomic mass is 32.1. The second-order valence-corrected chi connectivity index (χ2v) is 3.64. The molecule has 1 heterocycles. The molecule has 0 aliphatic heterocycles. The monoisotopic (exact) mass is 224 g/mol. The molecule has 0 radical (unpaired) electrons. The zero-order chi connectivity index (χ0) is 10.9. The Morgan fingerprint density at radius 3 is 2.50 bits per heavy atom. The number of Topliss-reactive ketones (excluding diaryl/α,β-unsaturated/α-hetero) is 1. The SMILES string of the molecule is Cc1nc(C(=O)C(F)(F)F)sc1CN. The van der Waals surface area contributed by atoms with Crippen LogP contribution in [0.3, 0.4) is 0 Å². The highest BCUT2D eigenvalue weighted by Gasteiger charge is 2.41. The van der Waals surface area contributed by atoms with Gasteiger partial charge in [-0.15, -0.1) is 11.3 Å². The summed E-state index contributed by atoms with van der Waals surface area (Å²) in [5.41, 5.74) is 5.63. The van der Waals surface area contributed by atoms with E-state index >= 15 is 0 Å². The Kier molecular flexibility index (Phi) is 2.91. The van der Waals surface area contributed by atoms with Gasteiger partial charge in [0.2, 0.25) is 0 Å². The van der Waals surface area contributed by atoms with Gasteiger partial charge in [-0.2, -0.15) is 13.2 Å². The number of halogens is 3. The normalized spacial score (nSPS) is 11.8. The lowest BCUT2D eigenvalue weighted by Crippen LogP contribution is -2.22. The average molecular weight is 224 g/mol. The van der Waals surface area contributed by atoms with Gasteiger partial charge >= 0.3 is 6.18 Å². The lowest BCUT2D eigenvalue weighted by molar-refractivity contribution is -0.0885. The number of hydrogen-bond donors (Lipinski definition) is 1. The number of nitrogens with two attached hydrogens (primary N) is 1. The summed E-state index contributed by atoms with van der Waals surface area (Å²) in [5, 5.41) is -0.546. The van der Waals surface area contributed by atoms with E-state index in [0.29, 0.717) is 21.9 Å². The van der Waals surface area contributed by atoms with E-state index in [4.69, 9.17) is 5.73 Å². The van der Waals surface area contributed by atoms with Gasteiger partial charge in [-0.1, -0.05) is 0 Å². The predicted octanol–water partition coefficient (Wildman–Crippen LogP) is 1.66. The summed E-state index contributed by atoms with van der Waals surface area (Å²) < 4.78 is 35.9. The van der Waals surface area contributed by atoms with Gasteiger partial charge in [0.1, 0.15) is 0 Å². The van der Waals surface area contributed by atoms with Crippen LogP contribution in [0.25, 0.3) is 0 Å². The largest absolute Gasteiger partial charge is 0.457 e. The Balaban J connectivity index is 3.03. The second-order valence-electron chi connectivity index (χ2n) is 2.56. The summed E-state index contributed by atoms with van der Waals surface area (Å²) in [6.07, 6.45) is -4.86. The lowest BCUT2D eigenvalue weighted by atomic mass is 10.4. The average Bonchev–Trinajstić information content (AvgIpc) is 2.43. The summed E-state index contributed by atoms with van der Waals surface area (Å²) in [6.45, 7) is 1.61. The molecule has 0 spiro atoms. The fourth-order valence-corrected chi connectivity index (χ4v) is 1.74. The van der Waals surface area contributed by atoms with Crippen LogP contribution >= 0.6 is 11.3 Å². The Morgan fingerprint density at radius 1 is 1.57 bits per heavy atom. The quantitative estimate of drug-likeness (QED) is 0.777. The maximum Gasteiger partial charge on any atom is 0.457 e. The number of nitrogens with zero attached hydrogens (tertiary/aromatic N) is 1. The number of rotatable bonds is 2. The predicted molar refractivity (Wildman–Crippen MR) is 45.1 cm³/mol. The molecule has 0 saturated heterocycles. The molecule has 1 rings (SSSR count). The van der Waals surface area contributed by atoms with Crippen molar-refractivity contribution >= 4 is 17.1 Å². The molecule has 2 N–H and O–H groups in total. The van der Waals surface area contributed by atoms with E-state index < -0.39 is 17.0 Å². The number of aromatic nitrogens is 1. The van der Waals surface area contributed by atoms with Gasteiger partial charge in [-0.05, 0) is 6.92 Å². The molecule has 0 aromatic carbocycles. The van der Waals surface area contributed by atoms with Crippen LogP contribution in [-0.2, 0) is 6.54 Å². The van der Waals surface area contributed by atoms with Crippen molar-refractivity contribution in [3.63, 3.8) is 0 Å². The van der Waals surface area contributed by atoms with Crippen LogP contribution in [0.4, 0.5) is 13.2 Å². The molecule has 0 bridgehead atoms. The van der Waals surface area contributed by atoms with E-state index in [0.717, 1.165) is 0 Å². The number of alkyl halides is 3. The van der Waals surface area contributed by atoms with Crippen LogP contribution < -0.4 is 5.73 Å². The third-order valence-electron chi connectivity index (χ3n) is 1.53. The minimum absolute atomic E-state index is 0.0919. The van der Waals surface area contributed by atoms with Crippen molar-refractivity contribution in [3.8, 4) is 0 Å². The molecule has 7 heteroatoms. The van der Waals surface area contributed by atoms with E-state index in [1.54, 1.807) is 0 Å². The van der Waals surface area contributed by atoms with Crippen molar-refractivity contribution in [2.45, 2.75) is 19.6 Å². The van der Waals surface area contributed by atoms with E-state index in [1.165, 1.54) is 6.92 Å². The molecule has 1 aromatic heterocycles. The summed E-state index contributed by atoms with van der Waals surface area (Å²) in [5.74, 6) is -1.91. The zero-order valence-corrected chi connectivity index (χ0v) is 8.00. The third kappa shape index (κ3) is 2.10. The molecule has 14 heavy (non-hydrogen) atoms. The minimum Gasteiger partial charge on any atom is -0.326 e. The fourth-order valence-electron chi connectivity index (χ4n) is 0.836. The third-order valence-corrected chi connectivity index (χ3v) is 2.71. The fraction of sp³-hybridized carbons (Fsp3) is 0.429. The van der Waals surface area contributed by atoms with Crippen LogP contribution in [0.1, 0.15) is 20.4 Å². The summed E-state index contributed by atoms with van der Waals surface area (Å²) in [4.78, 5) is 14.7. The van der Waals surface area contributed by atoms with Crippen LogP contribution in [0, 0.1) is 6.92 Å². The van der Waals surface area contributed by atoms with Gasteiger partial charge in [0, 0.05) is 11.4 Å². The molecule has 0 amide bonds. The highest BCUT2D eigenvalue weighted by molar-refractivity contribution is 7.13. The van der Waals surface area contributed by atoms with Crippen molar-refractivity contribution < 1.29 is 18.0 Å². The molecule has 0 atom stereocenters. The first kappa shape index (κ1) is 11.1. The van der Waals surface area contributed by atoms with Crippen molar-refractivity contribution in [2.75, 3.05) is 0 Å². The van der Waals surface area contributed by atoms with Gasteiger partial charge in [0.05, 0.1) is 5.69 Å². The zero-order valence-electron chi connectivity index (χ0n) is 7.18. The molecular weight excluding hydrogens is 217 g/mol. The van der Waals surface area contributed by atoms with Gasteiger partial charge in [-0.25, -0.2) is 4.98 Å². The first-order valence-electron chi connectivity index (χ1n) is 3.64. The van der Waals surface area contributed by atoms with Gasteiger partial charge < -0.3 is 5.73 Å². The Labute approximate surface area is 81.7 Å². The lowest BCUT2D eigenvalue weighted by Gasteiger charge is -1.99. The number of carbonyl (C=O) groups excluding carboxylic acids is 1. The first-order chi connectivity index (χ1) is 6.36. The molecule has 78 valence electrons. The van der Waals surface area contributed by atoms with Gasteiger partial charge in [-0.3, -0.25) is 4.79 Å². The molecule has 0 aliphatic rings. The minimum atomic E-state index is -4.86.